The van der Waals surface area contributed by atoms with Crippen LogP contribution in [0.15, 0.2) is 0 Å². The molecule has 0 aromatic rings. The molecule has 2 N–H and O–H groups in total. The fraction of sp³-hybridized carbons (Fsp3) is 0.857. The molecule has 0 aromatic carbocycles. The molecule has 0 aliphatic carbocycles. The summed E-state index contributed by atoms with van der Waals surface area (Å²) in [6, 6.07) is 0.151. The maximum absolute atomic E-state index is 10.9. The highest BCUT2D eigenvalue weighted by Gasteiger charge is 2.30. The van der Waals surface area contributed by atoms with Crippen molar-refractivity contribution in [1.29, 1.82) is 0 Å². The van der Waals surface area contributed by atoms with Crippen LogP contribution in [0.1, 0.15) is 6.92 Å². The second-order valence-corrected chi connectivity index (χ2v) is 3.65. The van der Waals surface area contributed by atoms with Gasteiger partial charge in [0.2, 0.25) is 5.91 Å². The molecular weight excluding hydrogens is 208 g/mol. The van der Waals surface area contributed by atoms with Gasteiger partial charge in [-0.1, -0.05) is 15.9 Å². The molecule has 1 saturated heterocycles. The number of nitrogens with two attached hydrogens (primary N) is 1. The minimum absolute atomic E-state index is 0.129. The minimum Gasteiger partial charge on any atom is -0.341 e. The van der Waals surface area contributed by atoms with Crippen LogP contribution in [0.4, 0.5) is 0 Å². The van der Waals surface area contributed by atoms with Gasteiger partial charge in [0.25, 0.3) is 0 Å². The molecule has 0 spiro atoms. The van der Waals surface area contributed by atoms with Crippen molar-refractivity contribution in [2.24, 2.45) is 11.7 Å². The van der Waals surface area contributed by atoms with Crippen molar-refractivity contribution >= 4 is 21.8 Å². The molecule has 1 amide bonds. The highest BCUT2D eigenvalue weighted by molar-refractivity contribution is 9.09. The van der Waals surface area contributed by atoms with Gasteiger partial charge in [-0.05, 0) is 0 Å². The maximum Gasteiger partial charge on any atom is 0.219 e. The SMILES string of the molecule is CC(=O)N1CC(N)C(CBr)C1. The summed E-state index contributed by atoms with van der Waals surface area (Å²) in [5.41, 5.74) is 5.79. The topological polar surface area (TPSA) is 46.3 Å². The number of alkyl halides is 1. The van der Waals surface area contributed by atoms with Crippen molar-refractivity contribution in [2.75, 3.05) is 18.4 Å². The predicted octanol–water partition coefficient (Wildman–Crippen LogP) is 0.187. The Morgan fingerprint density at radius 3 is 2.64 bits per heavy atom. The van der Waals surface area contributed by atoms with Gasteiger partial charge in [-0.25, -0.2) is 0 Å². The lowest BCUT2D eigenvalue weighted by molar-refractivity contribution is -0.127. The van der Waals surface area contributed by atoms with Crippen molar-refractivity contribution in [2.45, 2.75) is 13.0 Å². The number of carbonyl (C=O) groups excluding carboxylic acids is 1. The van der Waals surface area contributed by atoms with Gasteiger partial charge in [-0.15, -0.1) is 0 Å². The van der Waals surface area contributed by atoms with E-state index in [4.69, 9.17) is 5.73 Å². The summed E-state index contributed by atoms with van der Waals surface area (Å²) >= 11 is 3.38. The summed E-state index contributed by atoms with van der Waals surface area (Å²) in [5.74, 6) is 0.558. The third kappa shape index (κ3) is 1.93. The molecule has 1 aliphatic rings. The van der Waals surface area contributed by atoms with Crippen molar-refractivity contribution in [3.63, 3.8) is 0 Å². The van der Waals surface area contributed by atoms with E-state index in [-0.39, 0.29) is 11.9 Å². The van der Waals surface area contributed by atoms with E-state index >= 15 is 0 Å². The van der Waals surface area contributed by atoms with Gasteiger partial charge in [0.05, 0.1) is 0 Å². The smallest absolute Gasteiger partial charge is 0.219 e. The summed E-state index contributed by atoms with van der Waals surface area (Å²) < 4.78 is 0. The first kappa shape index (κ1) is 9.00. The molecule has 0 saturated carbocycles. The quantitative estimate of drug-likeness (QED) is 0.642. The molecule has 1 heterocycles. The number of halogens is 1. The van der Waals surface area contributed by atoms with Crippen LogP contribution in [-0.4, -0.2) is 35.3 Å². The van der Waals surface area contributed by atoms with Crippen LogP contribution in [0.5, 0.6) is 0 Å². The number of likely N-dealkylation sites (tertiary alicyclic amines) is 1. The second kappa shape index (κ2) is 3.54. The number of hydrogen-bond donors (Lipinski definition) is 1. The molecule has 1 aliphatic heterocycles. The van der Waals surface area contributed by atoms with Gasteiger partial charge in [0.15, 0.2) is 0 Å². The van der Waals surface area contributed by atoms with Crippen LogP contribution in [0.3, 0.4) is 0 Å². The lowest BCUT2D eigenvalue weighted by atomic mass is 10.1. The summed E-state index contributed by atoms with van der Waals surface area (Å²) in [6.07, 6.45) is 0. The fourth-order valence-corrected chi connectivity index (χ4v) is 2.00. The number of amides is 1. The third-order valence-electron chi connectivity index (χ3n) is 2.14. The predicted molar refractivity (Wildman–Crippen MR) is 47.5 cm³/mol. The van der Waals surface area contributed by atoms with E-state index in [1.807, 2.05) is 0 Å². The van der Waals surface area contributed by atoms with E-state index in [0.29, 0.717) is 12.5 Å². The standard InChI is InChI=1S/C7H13BrN2O/c1-5(11)10-3-6(2-8)7(9)4-10/h6-7H,2-4,9H2,1H3. The molecule has 1 rings (SSSR count). The number of hydrogen-bond acceptors (Lipinski definition) is 2. The van der Waals surface area contributed by atoms with Crippen molar-refractivity contribution < 1.29 is 4.79 Å². The Morgan fingerprint density at radius 1 is 1.73 bits per heavy atom. The highest BCUT2D eigenvalue weighted by atomic mass is 79.9. The molecule has 0 aromatic heterocycles. The summed E-state index contributed by atoms with van der Waals surface area (Å²) in [4.78, 5) is 12.7. The first-order valence-corrected chi connectivity index (χ1v) is 4.84. The van der Waals surface area contributed by atoms with Crippen molar-refractivity contribution in [3.8, 4) is 0 Å². The normalized spacial score (nSPS) is 31.0. The Kier molecular flexibility index (Phi) is 2.90. The zero-order chi connectivity index (χ0) is 8.43. The molecule has 4 heteroatoms. The van der Waals surface area contributed by atoms with Crippen molar-refractivity contribution in [1.82, 2.24) is 4.90 Å². The second-order valence-electron chi connectivity index (χ2n) is 3.00. The first-order valence-electron chi connectivity index (χ1n) is 3.72. The Bertz CT molecular complexity index is 163. The van der Waals surface area contributed by atoms with E-state index in [0.717, 1.165) is 11.9 Å². The van der Waals surface area contributed by atoms with E-state index in [1.165, 1.54) is 0 Å². The average molecular weight is 221 g/mol. The summed E-state index contributed by atoms with van der Waals surface area (Å²) in [5, 5.41) is 0.887. The van der Waals surface area contributed by atoms with Crippen LogP contribution in [0, 0.1) is 5.92 Å². The summed E-state index contributed by atoms with van der Waals surface area (Å²) in [7, 11) is 0. The van der Waals surface area contributed by atoms with Gasteiger partial charge < -0.3 is 10.6 Å². The Morgan fingerprint density at radius 2 is 2.36 bits per heavy atom. The molecular formula is C7H13BrN2O. The zero-order valence-corrected chi connectivity index (χ0v) is 8.17. The first-order chi connectivity index (χ1) is 5.15. The third-order valence-corrected chi connectivity index (χ3v) is 2.97. The lowest BCUT2D eigenvalue weighted by Crippen LogP contribution is -2.31. The van der Waals surface area contributed by atoms with Crippen LogP contribution in [-0.2, 0) is 4.79 Å². The largest absolute Gasteiger partial charge is 0.341 e. The van der Waals surface area contributed by atoms with Gasteiger partial charge in [-0.2, -0.15) is 0 Å². The van der Waals surface area contributed by atoms with E-state index in [1.54, 1.807) is 11.8 Å². The summed E-state index contributed by atoms with van der Waals surface area (Å²) in [6.45, 7) is 3.11. The van der Waals surface area contributed by atoms with Crippen LogP contribution < -0.4 is 5.73 Å². The molecule has 0 bridgehead atoms. The maximum atomic E-state index is 10.9. The molecule has 1 fully saturated rings. The zero-order valence-electron chi connectivity index (χ0n) is 6.59. The van der Waals surface area contributed by atoms with Gasteiger partial charge in [-0.3, -0.25) is 4.79 Å². The van der Waals surface area contributed by atoms with Crippen molar-refractivity contribution in [3.05, 3.63) is 0 Å². The lowest BCUT2D eigenvalue weighted by Gasteiger charge is -2.11. The fourth-order valence-electron chi connectivity index (χ4n) is 1.32. The van der Waals surface area contributed by atoms with Crippen LogP contribution in [0.25, 0.3) is 0 Å². The molecule has 3 nitrogen and oxygen atoms in total. The van der Waals surface area contributed by atoms with Crippen LogP contribution >= 0.6 is 15.9 Å². The molecule has 0 radical (unpaired) electrons. The van der Waals surface area contributed by atoms with Gasteiger partial charge in [0, 0.05) is 37.3 Å². The molecule has 2 unspecified atom stereocenters. The Labute approximate surface area is 75.1 Å². The number of nitrogens with zero attached hydrogens (tertiary/aromatic N) is 1. The van der Waals surface area contributed by atoms with E-state index in [9.17, 15) is 4.79 Å². The molecule has 11 heavy (non-hydrogen) atoms. The van der Waals surface area contributed by atoms with Crippen LogP contribution in [0.2, 0.25) is 0 Å². The van der Waals surface area contributed by atoms with E-state index < -0.39 is 0 Å². The van der Waals surface area contributed by atoms with E-state index in [2.05, 4.69) is 15.9 Å². The van der Waals surface area contributed by atoms with Gasteiger partial charge >= 0.3 is 0 Å². The highest BCUT2D eigenvalue weighted by Crippen LogP contribution is 2.16. The number of carbonyl (C=O) groups is 1. The Balaban J connectivity index is 2.49. The number of rotatable bonds is 1. The van der Waals surface area contributed by atoms with Gasteiger partial charge in [0.1, 0.15) is 0 Å². The molecule has 64 valence electrons. The Hall–Kier alpha value is -0.0900. The average Bonchev–Trinajstić information content (AvgIpc) is 2.31. The molecule has 2 atom stereocenters. The monoisotopic (exact) mass is 220 g/mol. The minimum atomic E-state index is 0.129.